The fourth-order valence-electron chi connectivity index (χ4n) is 3.57. The van der Waals surface area contributed by atoms with Gasteiger partial charge in [-0.05, 0) is 42.0 Å². The molecular weight excluding hydrogens is 412 g/mol. The summed E-state index contributed by atoms with van der Waals surface area (Å²) in [5, 5.41) is 5.44. The summed E-state index contributed by atoms with van der Waals surface area (Å²) in [7, 11) is 4.95. The van der Waals surface area contributed by atoms with Gasteiger partial charge in [0.25, 0.3) is 0 Å². The van der Waals surface area contributed by atoms with E-state index in [0.29, 0.717) is 23.0 Å². The van der Waals surface area contributed by atoms with Crippen molar-refractivity contribution in [1.82, 2.24) is 9.78 Å². The van der Waals surface area contributed by atoms with Gasteiger partial charge in [-0.2, -0.15) is 5.10 Å². The molecule has 0 spiro atoms. The highest BCUT2D eigenvalue weighted by Crippen LogP contribution is 2.42. The first-order valence-electron chi connectivity index (χ1n) is 9.82. The molecule has 0 aliphatic carbocycles. The number of nitrogens with zero attached hydrogens (tertiary/aromatic N) is 2. The van der Waals surface area contributed by atoms with Gasteiger partial charge >= 0.3 is 0 Å². The highest BCUT2D eigenvalue weighted by Gasteiger charge is 2.23. The van der Waals surface area contributed by atoms with E-state index in [-0.39, 0.29) is 0 Å². The molecule has 1 aromatic heterocycles. The third-order valence-corrected chi connectivity index (χ3v) is 5.47. The Morgan fingerprint density at radius 3 is 1.94 bits per heavy atom. The summed E-state index contributed by atoms with van der Waals surface area (Å²) in [6.45, 7) is 0.534. The SMILES string of the molecule is COc1ccc(Cn2nc(-c3ccccc3OC)c(Cl)c2-c2ccccc2OC)cc1. The van der Waals surface area contributed by atoms with Crippen LogP contribution in [0, 0.1) is 0 Å². The molecule has 0 radical (unpaired) electrons. The summed E-state index contributed by atoms with van der Waals surface area (Å²) in [6.07, 6.45) is 0. The van der Waals surface area contributed by atoms with Crippen LogP contribution in [0.1, 0.15) is 5.56 Å². The number of methoxy groups -OCH3 is 3. The first-order chi connectivity index (χ1) is 15.2. The molecule has 0 aliphatic heterocycles. The fraction of sp³-hybridized carbons (Fsp3) is 0.160. The van der Waals surface area contributed by atoms with E-state index in [4.69, 9.17) is 30.9 Å². The number of aromatic nitrogens is 2. The van der Waals surface area contributed by atoms with Crippen LogP contribution in [-0.4, -0.2) is 31.1 Å². The van der Waals surface area contributed by atoms with Crippen molar-refractivity contribution in [3.05, 3.63) is 83.4 Å². The molecule has 0 saturated heterocycles. The number of hydrogen-bond donors (Lipinski definition) is 0. The summed E-state index contributed by atoms with van der Waals surface area (Å²) < 4.78 is 18.3. The van der Waals surface area contributed by atoms with E-state index in [2.05, 4.69) is 0 Å². The molecule has 4 rings (SSSR count). The molecule has 0 fully saturated rings. The third kappa shape index (κ3) is 4.09. The number of benzene rings is 3. The lowest BCUT2D eigenvalue weighted by Crippen LogP contribution is -2.05. The van der Waals surface area contributed by atoms with Crippen LogP contribution in [0.5, 0.6) is 17.2 Å². The molecule has 0 aliphatic rings. The first kappa shape index (κ1) is 20.8. The molecule has 31 heavy (non-hydrogen) atoms. The summed E-state index contributed by atoms with van der Waals surface area (Å²) in [4.78, 5) is 0. The van der Waals surface area contributed by atoms with Crippen LogP contribution in [0.4, 0.5) is 0 Å². The predicted octanol–water partition coefficient (Wildman–Crippen LogP) is 5.94. The Hall–Kier alpha value is -3.44. The molecule has 158 valence electrons. The van der Waals surface area contributed by atoms with Crippen molar-refractivity contribution in [1.29, 1.82) is 0 Å². The van der Waals surface area contributed by atoms with E-state index in [9.17, 15) is 0 Å². The van der Waals surface area contributed by atoms with Gasteiger partial charge in [0.1, 0.15) is 22.9 Å². The number of hydrogen-bond acceptors (Lipinski definition) is 4. The van der Waals surface area contributed by atoms with E-state index >= 15 is 0 Å². The predicted molar refractivity (Wildman–Crippen MR) is 123 cm³/mol. The molecule has 0 unspecified atom stereocenters. The van der Waals surface area contributed by atoms with Crippen LogP contribution in [0.3, 0.4) is 0 Å². The average Bonchev–Trinajstić information content (AvgIpc) is 3.14. The summed E-state index contributed by atoms with van der Waals surface area (Å²) in [5.41, 5.74) is 4.23. The third-order valence-electron chi connectivity index (χ3n) is 5.11. The van der Waals surface area contributed by atoms with Gasteiger partial charge < -0.3 is 14.2 Å². The van der Waals surface area contributed by atoms with Gasteiger partial charge in [0.15, 0.2) is 0 Å². The molecule has 0 N–H and O–H groups in total. The normalized spacial score (nSPS) is 10.7. The van der Waals surface area contributed by atoms with E-state index < -0.39 is 0 Å². The summed E-state index contributed by atoms with van der Waals surface area (Å²) in [5.74, 6) is 2.25. The van der Waals surface area contributed by atoms with Gasteiger partial charge in [-0.3, -0.25) is 4.68 Å². The maximum atomic E-state index is 6.96. The molecular formula is C25H23ClN2O3. The van der Waals surface area contributed by atoms with E-state index in [1.165, 1.54) is 0 Å². The number of ether oxygens (including phenoxy) is 3. The van der Waals surface area contributed by atoms with Crippen LogP contribution in [0.25, 0.3) is 22.5 Å². The molecule has 1 heterocycles. The Morgan fingerprint density at radius 1 is 0.742 bits per heavy atom. The van der Waals surface area contributed by atoms with Gasteiger partial charge in [0, 0.05) is 11.1 Å². The van der Waals surface area contributed by atoms with Crippen molar-refractivity contribution in [3.63, 3.8) is 0 Å². The minimum absolute atomic E-state index is 0.534. The largest absolute Gasteiger partial charge is 0.497 e. The quantitative estimate of drug-likeness (QED) is 0.361. The van der Waals surface area contributed by atoms with E-state index in [1.807, 2.05) is 77.5 Å². The van der Waals surface area contributed by atoms with Crippen molar-refractivity contribution in [3.8, 4) is 39.8 Å². The van der Waals surface area contributed by atoms with Crippen LogP contribution in [0.15, 0.2) is 72.8 Å². The second kappa shape index (κ2) is 9.14. The van der Waals surface area contributed by atoms with Crippen molar-refractivity contribution < 1.29 is 14.2 Å². The lowest BCUT2D eigenvalue weighted by molar-refractivity contribution is 0.414. The number of halogens is 1. The minimum atomic E-state index is 0.534. The maximum Gasteiger partial charge on any atom is 0.128 e. The monoisotopic (exact) mass is 434 g/mol. The summed E-state index contributed by atoms with van der Waals surface area (Å²) >= 11 is 6.96. The van der Waals surface area contributed by atoms with Crippen LogP contribution >= 0.6 is 11.6 Å². The molecule has 3 aromatic carbocycles. The molecule has 0 saturated carbocycles. The standard InChI is InChI=1S/C25H23ClN2O3/c1-29-18-14-12-17(13-15-18)16-28-25(20-9-5-7-11-22(20)31-3)23(26)24(27-28)19-8-4-6-10-21(19)30-2/h4-15H,16H2,1-3H3. The smallest absolute Gasteiger partial charge is 0.128 e. The van der Waals surface area contributed by atoms with Gasteiger partial charge in [-0.25, -0.2) is 0 Å². The minimum Gasteiger partial charge on any atom is -0.497 e. The molecule has 6 heteroatoms. The van der Waals surface area contributed by atoms with E-state index in [1.54, 1.807) is 21.3 Å². The molecule has 0 atom stereocenters. The van der Waals surface area contributed by atoms with Crippen LogP contribution in [0.2, 0.25) is 5.02 Å². The van der Waals surface area contributed by atoms with Crippen molar-refractivity contribution in [2.45, 2.75) is 6.54 Å². The van der Waals surface area contributed by atoms with Crippen molar-refractivity contribution >= 4 is 11.6 Å². The highest BCUT2D eigenvalue weighted by atomic mass is 35.5. The molecule has 0 bridgehead atoms. The Balaban J connectivity index is 1.89. The van der Waals surface area contributed by atoms with Gasteiger partial charge in [-0.15, -0.1) is 0 Å². The highest BCUT2D eigenvalue weighted by molar-refractivity contribution is 6.35. The first-order valence-corrected chi connectivity index (χ1v) is 10.2. The number of para-hydroxylation sites is 2. The Morgan fingerprint density at radius 2 is 1.32 bits per heavy atom. The second-order valence-corrected chi connectivity index (χ2v) is 7.30. The summed E-state index contributed by atoms with van der Waals surface area (Å²) in [6, 6.07) is 23.4. The zero-order chi connectivity index (χ0) is 21.8. The Bertz CT molecular complexity index is 1190. The lowest BCUT2D eigenvalue weighted by Gasteiger charge is -2.12. The zero-order valence-corrected chi connectivity index (χ0v) is 18.4. The van der Waals surface area contributed by atoms with Gasteiger partial charge in [0.05, 0.1) is 38.6 Å². The lowest BCUT2D eigenvalue weighted by atomic mass is 10.1. The second-order valence-electron chi connectivity index (χ2n) is 6.92. The zero-order valence-electron chi connectivity index (χ0n) is 17.6. The van der Waals surface area contributed by atoms with Crippen LogP contribution in [-0.2, 0) is 6.54 Å². The molecule has 0 amide bonds. The Labute approximate surface area is 186 Å². The Kier molecular flexibility index (Phi) is 6.14. The average molecular weight is 435 g/mol. The molecule has 5 nitrogen and oxygen atoms in total. The van der Waals surface area contributed by atoms with Crippen LogP contribution < -0.4 is 14.2 Å². The van der Waals surface area contributed by atoms with Crippen molar-refractivity contribution in [2.75, 3.05) is 21.3 Å². The van der Waals surface area contributed by atoms with Crippen molar-refractivity contribution in [2.24, 2.45) is 0 Å². The van der Waals surface area contributed by atoms with E-state index in [0.717, 1.165) is 33.9 Å². The molecule has 4 aromatic rings. The van der Waals surface area contributed by atoms with Gasteiger partial charge in [0.2, 0.25) is 0 Å². The maximum absolute atomic E-state index is 6.96. The fourth-order valence-corrected chi connectivity index (χ4v) is 3.91. The topological polar surface area (TPSA) is 45.5 Å². The number of rotatable bonds is 7. The van der Waals surface area contributed by atoms with Gasteiger partial charge in [-0.1, -0.05) is 48.0 Å².